The number of hydrogen-bond acceptors (Lipinski definition) is 2. The Morgan fingerprint density at radius 1 is 0.591 bits per heavy atom. The molecule has 0 aromatic heterocycles. The Hall–Kier alpha value is -2.91. The Morgan fingerprint density at radius 2 is 0.864 bits per heavy atom. The van der Waals surface area contributed by atoms with E-state index in [-0.39, 0.29) is 0 Å². The van der Waals surface area contributed by atoms with Crippen LogP contribution in [0.15, 0.2) is 91.0 Å². The fourth-order valence-electron chi connectivity index (χ4n) is 2.72. The van der Waals surface area contributed by atoms with Gasteiger partial charge in [0.25, 0.3) is 6.09 Å². The fourth-order valence-corrected chi connectivity index (χ4v) is 2.72. The van der Waals surface area contributed by atoms with E-state index in [9.17, 15) is 9.90 Å². The Kier molecular flexibility index (Phi) is 3.73. The van der Waals surface area contributed by atoms with Gasteiger partial charge in [-0.3, -0.25) is 0 Å². The van der Waals surface area contributed by atoms with Gasteiger partial charge in [-0.25, -0.2) is 0 Å². The molecule has 0 saturated heterocycles. The molecule has 0 radical (unpaired) electrons. The van der Waals surface area contributed by atoms with E-state index in [0.29, 0.717) is 17.1 Å². The smallest absolute Gasteiger partial charge is 0.273 e. The van der Waals surface area contributed by atoms with Gasteiger partial charge in [0, 0.05) is 36.4 Å². The maximum absolute atomic E-state index is 12.3. The quantitative estimate of drug-likeness (QED) is 0.684. The summed E-state index contributed by atoms with van der Waals surface area (Å²) in [6, 6.07) is 27.4. The van der Waals surface area contributed by atoms with Crippen LogP contribution in [-0.4, -0.2) is 6.09 Å². The van der Waals surface area contributed by atoms with Crippen molar-refractivity contribution in [2.45, 2.75) is 0 Å². The molecule has 0 N–H and O–H groups in total. The first-order chi connectivity index (χ1) is 10.8. The van der Waals surface area contributed by atoms with E-state index >= 15 is 0 Å². The number of hydrogen-bond donors (Lipinski definition) is 0. The third kappa shape index (κ3) is 2.18. The van der Waals surface area contributed by atoms with E-state index in [4.69, 9.17) is 0 Å². The number of benzene rings is 3. The molecule has 0 aliphatic rings. The minimum atomic E-state index is -1.19. The summed E-state index contributed by atoms with van der Waals surface area (Å²) in [5.41, 5.74) is 1.87. The number of carbonyl (C=O) groups excluding carboxylic acids is 1. The standard InChI is InChI=1S/C19H15NO2/c21-19(22)20(16-10-4-1-5-11-16,17-12-6-2-7-13-17)18-14-8-3-9-15-18/h1-15H. The molecule has 3 aromatic carbocycles. The topological polar surface area (TPSA) is 40.1 Å². The summed E-state index contributed by atoms with van der Waals surface area (Å²) in [6.45, 7) is 0. The summed E-state index contributed by atoms with van der Waals surface area (Å²) < 4.78 is -0.470. The summed E-state index contributed by atoms with van der Waals surface area (Å²) in [5, 5.41) is 12.3. The number of carboxylic acid groups (broad SMARTS) is 1. The predicted octanol–water partition coefficient (Wildman–Crippen LogP) is 4.00. The molecule has 0 unspecified atom stereocenters. The Bertz CT molecular complexity index is 659. The van der Waals surface area contributed by atoms with Crippen molar-refractivity contribution in [2.24, 2.45) is 0 Å². The molecule has 0 atom stereocenters. The van der Waals surface area contributed by atoms with Crippen LogP contribution in [0.4, 0.5) is 21.9 Å². The van der Waals surface area contributed by atoms with Crippen molar-refractivity contribution in [3.8, 4) is 0 Å². The third-order valence-corrected chi connectivity index (χ3v) is 3.70. The molecule has 0 aliphatic heterocycles. The van der Waals surface area contributed by atoms with Crippen LogP contribution in [0.25, 0.3) is 0 Å². The number of nitrogens with zero attached hydrogens (tertiary/aromatic N) is 1. The summed E-state index contributed by atoms with van der Waals surface area (Å²) in [7, 11) is 0. The van der Waals surface area contributed by atoms with Crippen LogP contribution in [0.2, 0.25) is 0 Å². The molecule has 22 heavy (non-hydrogen) atoms. The second-order valence-corrected chi connectivity index (χ2v) is 4.94. The zero-order valence-corrected chi connectivity index (χ0v) is 11.9. The summed E-state index contributed by atoms with van der Waals surface area (Å²) in [5.74, 6) is 0. The monoisotopic (exact) mass is 289 g/mol. The first kappa shape index (κ1) is 14.0. The molecule has 3 rings (SSSR count). The van der Waals surface area contributed by atoms with Crippen LogP contribution in [0.5, 0.6) is 0 Å². The van der Waals surface area contributed by atoms with Crippen molar-refractivity contribution in [2.75, 3.05) is 0 Å². The van der Waals surface area contributed by atoms with Gasteiger partial charge in [-0.05, 0) is 0 Å². The van der Waals surface area contributed by atoms with Crippen LogP contribution in [-0.2, 0) is 0 Å². The van der Waals surface area contributed by atoms with Crippen molar-refractivity contribution in [1.29, 1.82) is 0 Å². The SMILES string of the molecule is O=C([O-])[N+](c1ccccc1)(c1ccccc1)c1ccccc1. The lowest BCUT2D eigenvalue weighted by atomic mass is 10.1. The lowest BCUT2D eigenvalue weighted by Crippen LogP contribution is -2.52. The fraction of sp³-hybridized carbons (Fsp3) is 0. The maximum atomic E-state index is 12.3. The molecular weight excluding hydrogens is 274 g/mol. The van der Waals surface area contributed by atoms with E-state index in [0.717, 1.165) is 0 Å². The predicted molar refractivity (Wildman–Crippen MR) is 85.8 cm³/mol. The van der Waals surface area contributed by atoms with E-state index in [1.807, 2.05) is 54.6 Å². The first-order valence-corrected chi connectivity index (χ1v) is 7.03. The number of para-hydroxylation sites is 3. The molecule has 0 spiro atoms. The van der Waals surface area contributed by atoms with Crippen LogP contribution < -0.4 is 9.59 Å². The zero-order valence-electron chi connectivity index (χ0n) is 11.9. The molecule has 0 bridgehead atoms. The molecule has 0 saturated carbocycles. The number of amides is 1. The van der Waals surface area contributed by atoms with Gasteiger partial charge in [-0.2, -0.15) is 4.48 Å². The van der Waals surface area contributed by atoms with Gasteiger partial charge >= 0.3 is 0 Å². The molecular formula is C19H15NO2. The Labute approximate surface area is 129 Å². The molecule has 108 valence electrons. The van der Waals surface area contributed by atoms with Gasteiger partial charge in [0.05, 0.1) is 0 Å². The highest BCUT2D eigenvalue weighted by molar-refractivity contribution is 5.95. The number of rotatable bonds is 3. The maximum Gasteiger partial charge on any atom is 0.273 e. The van der Waals surface area contributed by atoms with Crippen LogP contribution in [0, 0.1) is 0 Å². The van der Waals surface area contributed by atoms with Crippen LogP contribution in [0.1, 0.15) is 0 Å². The van der Waals surface area contributed by atoms with Gasteiger partial charge in [0.15, 0.2) is 0 Å². The molecule has 0 aliphatic carbocycles. The van der Waals surface area contributed by atoms with Crippen molar-refractivity contribution < 1.29 is 9.90 Å². The van der Waals surface area contributed by atoms with Crippen LogP contribution >= 0.6 is 0 Å². The molecule has 3 aromatic rings. The number of quaternary nitrogens is 1. The average molecular weight is 289 g/mol. The molecule has 1 amide bonds. The van der Waals surface area contributed by atoms with E-state index < -0.39 is 10.6 Å². The lowest BCUT2D eigenvalue weighted by Gasteiger charge is -2.36. The minimum Gasteiger partial charge on any atom is -0.497 e. The third-order valence-electron chi connectivity index (χ3n) is 3.70. The van der Waals surface area contributed by atoms with Gasteiger partial charge in [0.1, 0.15) is 17.1 Å². The normalized spacial score (nSPS) is 11.1. The van der Waals surface area contributed by atoms with Gasteiger partial charge in [-0.1, -0.05) is 54.6 Å². The summed E-state index contributed by atoms with van der Waals surface area (Å²) >= 11 is 0. The first-order valence-electron chi connectivity index (χ1n) is 7.03. The van der Waals surface area contributed by atoms with Crippen molar-refractivity contribution >= 4 is 23.2 Å². The second-order valence-electron chi connectivity index (χ2n) is 4.94. The molecule has 3 nitrogen and oxygen atoms in total. The molecule has 0 heterocycles. The van der Waals surface area contributed by atoms with Crippen LogP contribution in [0.3, 0.4) is 0 Å². The Morgan fingerprint density at radius 3 is 1.09 bits per heavy atom. The highest BCUT2D eigenvalue weighted by Crippen LogP contribution is 2.42. The zero-order chi connectivity index (χ0) is 15.4. The van der Waals surface area contributed by atoms with Crippen molar-refractivity contribution in [3.63, 3.8) is 0 Å². The van der Waals surface area contributed by atoms with Gasteiger partial charge < -0.3 is 9.90 Å². The lowest BCUT2D eigenvalue weighted by molar-refractivity contribution is -0.257. The summed E-state index contributed by atoms with van der Waals surface area (Å²) in [4.78, 5) is 12.3. The second kappa shape index (κ2) is 5.84. The van der Waals surface area contributed by atoms with Crippen molar-refractivity contribution in [3.05, 3.63) is 91.0 Å². The average Bonchev–Trinajstić information content (AvgIpc) is 2.58. The van der Waals surface area contributed by atoms with E-state index in [1.54, 1.807) is 36.4 Å². The summed E-state index contributed by atoms with van der Waals surface area (Å²) in [6.07, 6.45) is -1.19. The molecule has 0 fully saturated rings. The largest absolute Gasteiger partial charge is 0.497 e. The van der Waals surface area contributed by atoms with E-state index in [2.05, 4.69) is 0 Å². The number of carbonyl (C=O) groups is 1. The minimum absolute atomic E-state index is 0.470. The highest BCUT2D eigenvalue weighted by atomic mass is 16.4. The van der Waals surface area contributed by atoms with Gasteiger partial charge in [0.2, 0.25) is 0 Å². The van der Waals surface area contributed by atoms with Crippen molar-refractivity contribution in [1.82, 2.24) is 4.48 Å². The van der Waals surface area contributed by atoms with E-state index in [1.165, 1.54) is 0 Å². The molecule has 3 heteroatoms. The Balaban J connectivity index is 2.37. The van der Waals surface area contributed by atoms with Gasteiger partial charge in [-0.15, -0.1) is 0 Å². The highest BCUT2D eigenvalue weighted by Gasteiger charge is 2.38.